The average molecular weight is 547 g/mol. The largest absolute Gasteiger partial charge is 0.484 e. The molecule has 1 atom stereocenters. The predicted molar refractivity (Wildman–Crippen MR) is 157 cm³/mol. The highest BCUT2D eigenvalue weighted by molar-refractivity contribution is 6.31. The Morgan fingerprint density at radius 1 is 0.923 bits per heavy atom. The summed E-state index contributed by atoms with van der Waals surface area (Å²) in [6.45, 7) is 4.31. The molecule has 0 spiro atoms. The van der Waals surface area contributed by atoms with Crippen LogP contribution in [0.4, 0.5) is 0 Å². The van der Waals surface area contributed by atoms with E-state index in [2.05, 4.69) is 19.2 Å². The van der Waals surface area contributed by atoms with Crippen molar-refractivity contribution in [1.82, 2.24) is 10.2 Å². The van der Waals surface area contributed by atoms with Gasteiger partial charge >= 0.3 is 0 Å². The maximum atomic E-state index is 13.8. The third-order valence-electron chi connectivity index (χ3n) is 7.43. The Labute approximate surface area is 237 Å². The molecular formula is C33H39ClN2O3. The van der Waals surface area contributed by atoms with Crippen LogP contribution in [0.2, 0.25) is 5.02 Å². The van der Waals surface area contributed by atoms with Crippen LogP contribution in [0, 0.1) is 0 Å². The van der Waals surface area contributed by atoms with Crippen LogP contribution in [0.3, 0.4) is 0 Å². The van der Waals surface area contributed by atoms with Crippen molar-refractivity contribution in [3.05, 3.63) is 101 Å². The van der Waals surface area contributed by atoms with E-state index in [0.717, 1.165) is 36.8 Å². The zero-order chi connectivity index (χ0) is 27.6. The van der Waals surface area contributed by atoms with Gasteiger partial charge < -0.3 is 15.0 Å². The Hall–Kier alpha value is -3.31. The Kier molecular flexibility index (Phi) is 10.4. The molecule has 1 unspecified atom stereocenters. The van der Waals surface area contributed by atoms with Crippen LogP contribution < -0.4 is 10.1 Å². The minimum atomic E-state index is -0.704. The van der Waals surface area contributed by atoms with Crippen LogP contribution in [0.25, 0.3) is 0 Å². The summed E-state index contributed by atoms with van der Waals surface area (Å²) in [5.41, 5.74) is 2.98. The molecule has 206 valence electrons. The SMILES string of the molecule is CC(C)c1ccc(OCC(=O)N(Cc2ccccc2Cl)C(Cc2ccccc2)C(=O)NC2CCCCC2)cc1. The first kappa shape index (κ1) is 28.7. The van der Waals surface area contributed by atoms with Gasteiger partial charge in [-0.3, -0.25) is 9.59 Å². The molecule has 3 aromatic carbocycles. The van der Waals surface area contributed by atoms with Crippen molar-refractivity contribution in [3.63, 3.8) is 0 Å². The lowest BCUT2D eigenvalue weighted by atomic mass is 9.94. The van der Waals surface area contributed by atoms with Crippen molar-refractivity contribution in [2.24, 2.45) is 0 Å². The molecule has 1 saturated carbocycles. The van der Waals surface area contributed by atoms with Gasteiger partial charge in [-0.1, -0.05) is 105 Å². The summed E-state index contributed by atoms with van der Waals surface area (Å²) in [5.74, 6) is 0.639. The van der Waals surface area contributed by atoms with E-state index in [1.807, 2.05) is 72.8 Å². The summed E-state index contributed by atoms with van der Waals surface area (Å²) in [7, 11) is 0. The number of rotatable bonds is 11. The molecule has 1 aliphatic carbocycles. The molecule has 4 rings (SSSR count). The number of halogens is 1. The van der Waals surface area contributed by atoms with Gasteiger partial charge in [0.25, 0.3) is 5.91 Å². The quantitative estimate of drug-likeness (QED) is 0.283. The molecule has 0 saturated heterocycles. The molecule has 1 fully saturated rings. The number of hydrogen-bond donors (Lipinski definition) is 1. The molecule has 0 radical (unpaired) electrons. The van der Waals surface area contributed by atoms with E-state index in [0.29, 0.717) is 23.1 Å². The van der Waals surface area contributed by atoms with Gasteiger partial charge in [0.2, 0.25) is 5.91 Å². The maximum absolute atomic E-state index is 13.8. The highest BCUT2D eigenvalue weighted by Gasteiger charge is 2.32. The second kappa shape index (κ2) is 14.2. The third-order valence-corrected chi connectivity index (χ3v) is 7.80. The monoisotopic (exact) mass is 546 g/mol. The van der Waals surface area contributed by atoms with Crippen molar-refractivity contribution >= 4 is 23.4 Å². The highest BCUT2D eigenvalue weighted by Crippen LogP contribution is 2.23. The van der Waals surface area contributed by atoms with Crippen LogP contribution in [-0.2, 0) is 22.6 Å². The molecule has 0 heterocycles. The number of hydrogen-bond acceptors (Lipinski definition) is 3. The number of nitrogens with one attached hydrogen (secondary N) is 1. The van der Waals surface area contributed by atoms with Gasteiger partial charge in [0.1, 0.15) is 11.8 Å². The van der Waals surface area contributed by atoms with Crippen molar-refractivity contribution in [2.45, 2.75) is 76.9 Å². The molecule has 0 aromatic heterocycles. The van der Waals surface area contributed by atoms with Crippen LogP contribution in [0.5, 0.6) is 5.75 Å². The van der Waals surface area contributed by atoms with E-state index in [4.69, 9.17) is 16.3 Å². The minimum absolute atomic E-state index is 0.132. The molecule has 2 amide bonds. The first-order valence-corrected chi connectivity index (χ1v) is 14.4. The second-order valence-corrected chi connectivity index (χ2v) is 11.1. The molecule has 5 nitrogen and oxygen atoms in total. The summed E-state index contributed by atoms with van der Waals surface area (Å²) in [6.07, 6.45) is 5.76. The van der Waals surface area contributed by atoms with Gasteiger partial charge in [-0.2, -0.15) is 0 Å². The van der Waals surface area contributed by atoms with Crippen LogP contribution in [-0.4, -0.2) is 35.4 Å². The first-order chi connectivity index (χ1) is 18.9. The van der Waals surface area contributed by atoms with Gasteiger partial charge in [-0.15, -0.1) is 0 Å². The molecule has 3 aromatic rings. The Morgan fingerprint density at radius 3 is 2.26 bits per heavy atom. The summed E-state index contributed by atoms with van der Waals surface area (Å²) >= 11 is 6.52. The lowest BCUT2D eigenvalue weighted by Crippen LogP contribution is -2.53. The van der Waals surface area contributed by atoms with E-state index < -0.39 is 6.04 Å². The van der Waals surface area contributed by atoms with E-state index in [-0.39, 0.29) is 31.0 Å². The number of carbonyl (C=O) groups excluding carboxylic acids is 2. The van der Waals surface area contributed by atoms with Gasteiger partial charge in [0.05, 0.1) is 0 Å². The van der Waals surface area contributed by atoms with E-state index in [9.17, 15) is 9.59 Å². The van der Waals surface area contributed by atoms with Crippen LogP contribution in [0.1, 0.15) is 68.6 Å². The number of nitrogens with zero attached hydrogens (tertiary/aromatic N) is 1. The first-order valence-electron chi connectivity index (χ1n) is 14.0. The predicted octanol–water partition coefficient (Wildman–Crippen LogP) is 6.93. The molecule has 39 heavy (non-hydrogen) atoms. The zero-order valence-electron chi connectivity index (χ0n) is 22.9. The minimum Gasteiger partial charge on any atom is -0.484 e. The fourth-order valence-electron chi connectivity index (χ4n) is 5.09. The fourth-order valence-corrected chi connectivity index (χ4v) is 5.28. The molecule has 0 aliphatic heterocycles. The summed E-state index contributed by atoms with van der Waals surface area (Å²) in [6, 6.07) is 24.5. The van der Waals surface area contributed by atoms with Gasteiger partial charge in [0.15, 0.2) is 6.61 Å². The summed E-state index contributed by atoms with van der Waals surface area (Å²) in [5, 5.41) is 3.82. The Balaban J connectivity index is 1.59. The number of carbonyl (C=O) groups is 2. The molecule has 1 N–H and O–H groups in total. The van der Waals surface area contributed by atoms with E-state index in [1.165, 1.54) is 12.0 Å². The second-order valence-electron chi connectivity index (χ2n) is 10.7. The van der Waals surface area contributed by atoms with Crippen molar-refractivity contribution in [2.75, 3.05) is 6.61 Å². The fraction of sp³-hybridized carbons (Fsp3) is 0.394. The van der Waals surface area contributed by atoms with Crippen molar-refractivity contribution in [1.29, 1.82) is 0 Å². The smallest absolute Gasteiger partial charge is 0.261 e. The summed E-state index contributed by atoms with van der Waals surface area (Å²) < 4.78 is 5.93. The number of amides is 2. The number of benzene rings is 3. The van der Waals surface area contributed by atoms with Gasteiger partial charge in [-0.25, -0.2) is 0 Å². The van der Waals surface area contributed by atoms with Gasteiger partial charge in [0, 0.05) is 24.0 Å². The zero-order valence-corrected chi connectivity index (χ0v) is 23.7. The Bertz CT molecular complexity index is 1210. The Morgan fingerprint density at radius 2 is 1.59 bits per heavy atom. The standard InChI is InChI=1S/C33H39ClN2O3/c1-24(2)26-17-19-29(20-18-26)39-23-32(37)36(22-27-13-9-10-16-30(27)34)31(21-25-11-5-3-6-12-25)33(38)35-28-14-7-4-8-15-28/h3,5-6,9-13,16-20,24,28,31H,4,7-8,14-15,21-23H2,1-2H3,(H,35,38). The van der Waals surface area contributed by atoms with Crippen molar-refractivity contribution in [3.8, 4) is 5.75 Å². The molecule has 1 aliphatic rings. The lowest BCUT2D eigenvalue weighted by molar-refractivity contribution is -0.143. The maximum Gasteiger partial charge on any atom is 0.261 e. The van der Waals surface area contributed by atoms with E-state index >= 15 is 0 Å². The average Bonchev–Trinajstić information content (AvgIpc) is 2.95. The van der Waals surface area contributed by atoms with Crippen molar-refractivity contribution < 1.29 is 14.3 Å². The van der Waals surface area contributed by atoms with Crippen LogP contribution in [0.15, 0.2) is 78.9 Å². The topological polar surface area (TPSA) is 58.6 Å². The molecule has 6 heteroatoms. The molecular weight excluding hydrogens is 508 g/mol. The lowest BCUT2D eigenvalue weighted by Gasteiger charge is -2.33. The molecule has 0 bridgehead atoms. The number of ether oxygens (including phenoxy) is 1. The van der Waals surface area contributed by atoms with Crippen LogP contribution >= 0.6 is 11.6 Å². The third kappa shape index (κ3) is 8.34. The van der Waals surface area contributed by atoms with Gasteiger partial charge in [-0.05, 0) is 53.6 Å². The normalized spacial score (nSPS) is 14.6. The van der Waals surface area contributed by atoms with E-state index in [1.54, 1.807) is 11.0 Å². The summed E-state index contributed by atoms with van der Waals surface area (Å²) in [4.78, 5) is 29.3. The highest BCUT2D eigenvalue weighted by atomic mass is 35.5.